The number of benzene rings is 2. The van der Waals surface area contributed by atoms with Gasteiger partial charge < -0.3 is 4.90 Å². The van der Waals surface area contributed by atoms with Crippen LogP contribution < -0.4 is 4.72 Å². The minimum Gasteiger partial charge on any atom is -0.333 e. The summed E-state index contributed by atoms with van der Waals surface area (Å²) in [5, 5.41) is 0. The number of hydrogen-bond acceptors (Lipinski definition) is 3. The number of rotatable bonds is 8. The van der Waals surface area contributed by atoms with Crippen molar-refractivity contribution in [1.29, 1.82) is 0 Å². The largest absolute Gasteiger partial charge is 0.333 e. The van der Waals surface area contributed by atoms with Gasteiger partial charge in [-0.05, 0) is 56.4 Å². The first-order valence-corrected chi connectivity index (χ1v) is 11.7. The van der Waals surface area contributed by atoms with Gasteiger partial charge in [-0.15, -0.1) is 0 Å². The van der Waals surface area contributed by atoms with E-state index in [0.29, 0.717) is 11.5 Å². The van der Waals surface area contributed by atoms with Crippen molar-refractivity contribution >= 4 is 15.9 Å². The fraction of sp³-hybridized carbons (Fsp3) is 0.435. The van der Waals surface area contributed by atoms with Crippen molar-refractivity contribution in [3.05, 3.63) is 65.7 Å². The van der Waals surface area contributed by atoms with Crippen LogP contribution in [0.1, 0.15) is 62.5 Å². The topological polar surface area (TPSA) is 66.5 Å². The highest BCUT2D eigenvalue weighted by Gasteiger charge is 2.37. The van der Waals surface area contributed by atoms with Crippen LogP contribution in [0.4, 0.5) is 0 Å². The Balaban J connectivity index is 1.83. The van der Waals surface area contributed by atoms with Gasteiger partial charge in [0.1, 0.15) is 0 Å². The van der Waals surface area contributed by atoms with Gasteiger partial charge in [-0.1, -0.05) is 50.2 Å². The monoisotopic (exact) mass is 414 g/mol. The number of carbonyl (C=O) groups is 1. The van der Waals surface area contributed by atoms with Crippen molar-refractivity contribution in [3.8, 4) is 0 Å². The van der Waals surface area contributed by atoms with Gasteiger partial charge in [-0.2, -0.15) is 0 Å². The summed E-state index contributed by atoms with van der Waals surface area (Å²) in [5.74, 6) is 0.238. The molecule has 0 radical (unpaired) electrons. The van der Waals surface area contributed by atoms with Gasteiger partial charge in [-0.3, -0.25) is 4.79 Å². The van der Waals surface area contributed by atoms with E-state index < -0.39 is 10.0 Å². The third kappa shape index (κ3) is 5.06. The molecule has 1 saturated carbocycles. The molecule has 0 spiro atoms. The lowest BCUT2D eigenvalue weighted by Gasteiger charge is -2.32. The van der Waals surface area contributed by atoms with Crippen LogP contribution in [0.25, 0.3) is 0 Å². The van der Waals surface area contributed by atoms with E-state index in [1.165, 1.54) is 12.1 Å². The molecule has 0 aliphatic heterocycles. The van der Waals surface area contributed by atoms with E-state index in [1.807, 2.05) is 35.2 Å². The Kier molecular flexibility index (Phi) is 6.44. The number of nitrogens with one attached hydrogen (secondary N) is 1. The van der Waals surface area contributed by atoms with Gasteiger partial charge in [0.05, 0.1) is 4.90 Å². The van der Waals surface area contributed by atoms with E-state index in [4.69, 9.17) is 0 Å². The third-order valence-corrected chi connectivity index (χ3v) is 7.14. The van der Waals surface area contributed by atoms with Crippen LogP contribution in [0.15, 0.2) is 59.5 Å². The average Bonchev–Trinajstić information content (AvgIpc) is 3.53. The first kappa shape index (κ1) is 21.5. The molecule has 0 aromatic heterocycles. The zero-order chi connectivity index (χ0) is 21.2. The van der Waals surface area contributed by atoms with Crippen molar-refractivity contribution in [3.63, 3.8) is 0 Å². The maximum absolute atomic E-state index is 13.2. The highest BCUT2D eigenvalue weighted by Crippen LogP contribution is 2.32. The van der Waals surface area contributed by atoms with Crippen LogP contribution >= 0.6 is 0 Å². The van der Waals surface area contributed by atoms with Crippen molar-refractivity contribution in [2.45, 2.75) is 63.6 Å². The normalized spacial score (nSPS) is 16.4. The molecule has 6 heteroatoms. The SMILES string of the molecule is CC(NS(=O)(=O)c1cccc(C(=O)N(C2CC2)C(C)C(C)C)c1)c1ccccc1. The summed E-state index contributed by atoms with van der Waals surface area (Å²) in [5.41, 5.74) is 1.30. The summed E-state index contributed by atoms with van der Waals surface area (Å²) in [6.45, 7) is 8.07. The fourth-order valence-corrected chi connectivity index (χ4v) is 4.69. The predicted octanol–water partition coefficient (Wildman–Crippen LogP) is 4.38. The molecule has 0 saturated heterocycles. The lowest BCUT2D eigenvalue weighted by Crippen LogP contribution is -2.43. The molecule has 1 fully saturated rings. The van der Waals surface area contributed by atoms with Crippen LogP contribution in [0.2, 0.25) is 0 Å². The van der Waals surface area contributed by atoms with Gasteiger partial charge >= 0.3 is 0 Å². The zero-order valence-corrected chi connectivity index (χ0v) is 18.3. The van der Waals surface area contributed by atoms with E-state index >= 15 is 0 Å². The summed E-state index contributed by atoms with van der Waals surface area (Å²) >= 11 is 0. The highest BCUT2D eigenvalue weighted by molar-refractivity contribution is 7.89. The Labute approximate surface area is 174 Å². The van der Waals surface area contributed by atoms with Crippen molar-refractivity contribution in [2.75, 3.05) is 0 Å². The lowest BCUT2D eigenvalue weighted by molar-refractivity contribution is 0.0627. The number of carbonyl (C=O) groups excluding carboxylic acids is 1. The third-order valence-electron chi connectivity index (χ3n) is 5.60. The lowest BCUT2D eigenvalue weighted by atomic mass is 10.0. The molecule has 2 unspecified atom stereocenters. The van der Waals surface area contributed by atoms with E-state index in [2.05, 4.69) is 25.5 Å². The van der Waals surface area contributed by atoms with Crippen LogP contribution in [0, 0.1) is 5.92 Å². The van der Waals surface area contributed by atoms with Gasteiger partial charge in [-0.25, -0.2) is 13.1 Å². The Hall–Kier alpha value is -2.18. The molecule has 5 nitrogen and oxygen atoms in total. The minimum absolute atomic E-state index is 0.0955. The maximum Gasteiger partial charge on any atom is 0.254 e. The molecule has 1 N–H and O–H groups in total. The first-order chi connectivity index (χ1) is 13.7. The van der Waals surface area contributed by atoms with Crippen LogP contribution in [0.5, 0.6) is 0 Å². The maximum atomic E-state index is 13.2. The average molecular weight is 415 g/mol. The second-order valence-corrected chi connectivity index (χ2v) is 9.92. The number of hydrogen-bond donors (Lipinski definition) is 1. The molecule has 0 bridgehead atoms. The fourth-order valence-electron chi connectivity index (χ4n) is 3.41. The van der Waals surface area contributed by atoms with E-state index in [9.17, 15) is 13.2 Å². The predicted molar refractivity (Wildman–Crippen MR) is 115 cm³/mol. The Bertz CT molecular complexity index is 953. The zero-order valence-electron chi connectivity index (χ0n) is 17.5. The standard InChI is InChI=1S/C23H30N2O3S/c1-16(2)18(4)25(21-13-14-21)23(26)20-11-8-12-22(15-20)29(27,28)24-17(3)19-9-6-5-7-10-19/h5-12,15-18,21,24H,13-14H2,1-4H3. The molecular weight excluding hydrogens is 384 g/mol. The molecule has 1 aliphatic rings. The van der Waals surface area contributed by atoms with Crippen molar-refractivity contribution < 1.29 is 13.2 Å². The molecule has 1 amide bonds. The molecule has 1 aliphatic carbocycles. The van der Waals surface area contributed by atoms with E-state index in [0.717, 1.165) is 18.4 Å². The van der Waals surface area contributed by atoms with Gasteiger partial charge in [0, 0.05) is 23.7 Å². The second kappa shape index (κ2) is 8.67. The summed E-state index contributed by atoms with van der Waals surface area (Å²) in [6.07, 6.45) is 2.02. The molecule has 3 rings (SSSR count). The first-order valence-electron chi connectivity index (χ1n) is 10.2. The van der Waals surface area contributed by atoms with Gasteiger partial charge in [0.2, 0.25) is 10.0 Å². The molecular formula is C23H30N2O3S. The van der Waals surface area contributed by atoms with Crippen LogP contribution in [-0.2, 0) is 10.0 Å². The molecule has 2 atom stereocenters. The number of nitrogens with zero attached hydrogens (tertiary/aromatic N) is 1. The Morgan fingerprint density at radius 3 is 2.24 bits per heavy atom. The minimum atomic E-state index is -3.75. The molecule has 2 aromatic carbocycles. The van der Waals surface area contributed by atoms with Crippen LogP contribution in [-0.4, -0.2) is 31.3 Å². The molecule has 156 valence electrons. The Morgan fingerprint density at radius 1 is 1.00 bits per heavy atom. The van der Waals surface area contributed by atoms with Crippen molar-refractivity contribution in [2.24, 2.45) is 5.92 Å². The van der Waals surface area contributed by atoms with Crippen molar-refractivity contribution in [1.82, 2.24) is 9.62 Å². The molecule has 2 aromatic rings. The summed E-state index contributed by atoms with van der Waals surface area (Å²) in [4.78, 5) is 15.2. The number of amides is 1. The van der Waals surface area contributed by atoms with E-state index in [1.54, 1.807) is 19.1 Å². The summed E-state index contributed by atoms with van der Waals surface area (Å²) in [7, 11) is -3.75. The van der Waals surface area contributed by atoms with Crippen LogP contribution in [0.3, 0.4) is 0 Å². The smallest absolute Gasteiger partial charge is 0.254 e. The summed E-state index contributed by atoms with van der Waals surface area (Å²) in [6, 6.07) is 15.8. The summed E-state index contributed by atoms with van der Waals surface area (Å²) < 4.78 is 28.5. The van der Waals surface area contributed by atoms with E-state index in [-0.39, 0.29) is 28.9 Å². The second-order valence-electron chi connectivity index (χ2n) is 8.21. The molecule has 0 heterocycles. The van der Waals surface area contributed by atoms with Gasteiger partial charge in [0.25, 0.3) is 5.91 Å². The number of sulfonamides is 1. The highest BCUT2D eigenvalue weighted by atomic mass is 32.2. The Morgan fingerprint density at radius 2 is 1.66 bits per heavy atom. The molecule has 29 heavy (non-hydrogen) atoms. The quantitative estimate of drug-likeness (QED) is 0.697. The van der Waals surface area contributed by atoms with Gasteiger partial charge in [0.15, 0.2) is 0 Å².